The van der Waals surface area contributed by atoms with Crippen molar-refractivity contribution in [1.82, 2.24) is 15.5 Å². The predicted octanol–water partition coefficient (Wildman–Crippen LogP) is 5.39. The number of nitrogens with zero attached hydrogens (tertiary/aromatic N) is 2. The van der Waals surface area contributed by atoms with Crippen molar-refractivity contribution in [3.63, 3.8) is 0 Å². The number of ether oxygens (including phenoxy) is 1. The summed E-state index contributed by atoms with van der Waals surface area (Å²) in [5.41, 5.74) is 3.96. The third-order valence-electron chi connectivity index (χ3n) is 12.7. The van der Waals surface area contributed by atoms with Crippen LogP contribution in [0.25, 0.3) is 0 Å². The number of nitrogens with one attached hydrogen (secondary N) is 2. The number of carbonyl (C=O) groups is 8. The average Bonchev–Trinajstić information content (AvgIpc) is 3.65. The number of hydrogen-bond donors (Lipinski definition) is 4. The number of carboxylic acid groups (broad SMARTS) is 1. The van der Waals surface area contributed by atoms with Gasteiger partial charge in [0.1, 0.15) is 12.1 Å². The van der Waals surface area contributed by atoms with E-state index in [0.717, 1.165) is 75.6 Å². The standard InChI is InChI=1S/C46H63N5O12/c1-27-22-35(43(57)48-39(29-16-10-7-11-17-29)37(53)25-33(41(47)55)28-14-8-6-9-15-28)50(26-27)44(58)40(46(2,3)4)49-42(56)30(18-12-13-19-38(54)63-5)23-36(52)34-24-31(51(61)62)20-21-32(34)45(59)60/h13,19-21,24,28-30,33,35,39-40H,1,6-12,14-18,22-23,25-26H2,2-5H3,(H2,47,55)(H,48,57)(H,49,56)(H,59,60)/b19-13+/t30-,33+,35+,39+,40-/m1/s1. The monoisotopic (exact) mass is 877 g/mol. The van der Waals surface area contributed by atoms with Crippen LogP contribution >= 0.6 is 0 Å². The zero-order chi connectivity index (χ0) is 46.6. The van der Waals surface area contributed by atoms with Crippen LogP contribution in [0.2, 0.25) is 0 Å². The minimum absolute atomic E-state index is 0.00486. The van der Waals surface area contributed by atoms with Gasteiger partial charge < -0.3 is 31.1 Å². The van der Waals surface area contributed by atoms with Gasteiger partial charge in [0.15, 0.2) is 11.6 Å². The van der Waals surface area contributed by atoms with Gasteiger partial charge in [0, 0.05) is 55.0 Å². The van der Waals surface area contributed by atoms with E-state index in [0.29, 0.717) is 18.4 Å². The second kappa shape index (κ2) is 22.6. The number of allylic oxidation sites excluding steroid dienone is 1. The highest BCUT2D eigenvalue weighted by atomic mass is 16.6. The number of non-ortho nitro benzene ring substituents is 1. The number of nitrogens with two attached hydrogens (primary N) is 1. The summed E-state index contributed by atoms with van der Waals surface area (Å²) in [5.74, 6) is -7.82. The van der Waals surface area contributed by atoms with Gasteiger partial charge in [-0.2, -0.15) is 0 Å². The van der Waals surface area contributed by atoms with Crippen molar-refractivity contribution in [1.29, 1.82) is 0 Å². The Morgan fingerprint density at radius 2 is 1.57 bits per heavy atom. The molecule has 0 radical (unpaired) electrons. The van der Waals surface area contributed by atoms with Crippen molar-refractivity contribution < 1.29 is 53.1 Å². The van der Waals surface area contributed by atoms with Crippen LogP contribution in [0.5, 0.6) is 0 Å². The Bertz CT molecular complexity index is 1960. The first-order valence-electron chi connectivity index (χ1n) is 21.9. The maximum absolute atomic E-state index is 14.7. The van der Waals surface area contributed by atoms with Crippen LogP contribution in [0.1, 0.15) is 138 Å². The Hall–Kier alpha value is -5.74. The van der Waals surface area contributed by atoms with Gasteiger partial charge in [-0.05, 0) is 68.3 Å². The summed E-state index contributed by atoms with van der Waals surface area (Å²) in [7, 11) is 1.18. The van der Waals surface area contributed by atoms with Crippen molar-refractivity contribution in [2.75, 3.05) is 13.7 Å². The molecule has 0 bridgehead atoms. The fourth-order valence-electron chi connectivity index (χ4n) is 9.17. The molecule has 0 unspecified atom stereocenters. The smallest absolute Gasteiger partial charge is 0.336 e. The first kappa shape index (κ1) is 49.9. The lowest BCUT2D eigenvalue weighted by Gasteiger charge is -2.37. The maximum atomic E-state index is 14.7. The van der Waals surface area contributed by atoms with Gasteiger partial charge in [-0.3, -0.25) is 38.9 Å². The number of likely N-dealkylation sites (tertiary alicyclic amines) is 1. The fraction of sp³-hybridized carbons (Fsp3) is 0.609. The fourth-order valence-corrected chi connectivity index (χ4v) is 9.17. The highest BCUT2D eigenvalue weighted by molar-refractivity contribution is 6.07. The van der Waals surface area contributed by atoms with Crippen molar-refractivity contribution in [2.45, 2.75) is 135 Å². The molecule has 2 aliphatic carbocycles. The number of ketones is 2. The van der Waals surface area contributed by atoms with Gasteiger partial charge in [0.25, 0.3) is 5.69 Å². The number of carboxylic acids is 1. The molecule has 0 spiro atoms. The van der Waals surface area contributed by atoms with Crippen molar-refractivity contribution in [2.24, 2.45) is 34.8 Å². The van der Waals surface area contributed by atoms with Crippen LogP contribution < -0.4 is 16.4 Å². The first-order valence-corrected chi connectivity index (χ1v) is 21.9. The number of methoxy groups -OCH3 is 1. The van der Waals surface area contributed by atoms with Crippen LogP contribution in [0.4, 0.5) is 5.69 Å². The number of carbonyl (C=O) groups excluding carboxylic acids is 7. The third-order valence-corrected chi connectivity index (χ3v) is 12.7. The Morgan fingerprint density at radius 3 is 2.13 bits per heavy atom. The molecular weight excluding hydrogens is 815 g/mol. The van der Waals surface area contributed by atoms with E-state index in [9.17, 15) is 53.6 Å². The van der Waals surface area contributed by atoms with Crippen LogP contribution in [-0.2, 0) is 33.5 Å². The first-order chi connectivity index (χ1) is 29.7. The van der Waals surface area contributed by atoms with Crippen molar-refractivity contribution >= 4 is 52.8 Å². The van der Waals surface area contributed by atoms with Crippen molar-refractivity contribution in [3.05, 3.63) is 63.7 Å². The van der Waals surface area contributed by atoms with E-state index in [-0.39, 0.29) is 49.8 Å². The Kier molecular flexibility index (Phi) is 17.9. The molecule has 4 rings (SSSR count). The molecule has 344 valence electrons. The number of Topliss-reactive ketones (excluding diaryl/α,β-unsaturated/α-hetero) is 2. The van der Waals surface area contributed by atoms with Crippen LogP contribution in [0, 0.1) is 39.2 Å². The van der Waals surface area contributed by atoms with E-state index in [4.69, 9.17) is 5.73 Å². The zero-order valence-corrected chi connectivity index (χ0v) is 36.9. The highest BCUT2D eigenvalue weighted by Crippen LogP contribution is 2.35. The molecule has 5 atom stereocenters. The lowest BCUT2D eigenvalue weighted by molar-refractivity contribution is -0.384. The lowest BCUT2D eigenvalue weighted by atomic mass is 9.75. The van der Waals surface area contributed by atoms with E-state index in [1.54, 1.807) is 20.8 Å². The Morgan fingerprint density at radius 1 is 0.952 bits per heavy atom. The molecule has 0 aromatic heterocycles. The molecule has 3 aliphatic rings. The summed E-state index contributed by atoms with van der Waals surface area (Å²) in [5, 5.41) is 27.1. The second-order valence-electron chi connectivity index (χ2n) is 18.3. The molecule has 1 heterocycles. The van der Waals surface area contributed by atoms with E-state index in [2.05, 4.69) is 21.9 Å². The number of hydrogen-bond acceptors (Lipinski definition) is 11. The predicted molar refractivity (Wildman–Crippen MR) is 231 cm³/mol. The number of primary amides is 1. The quantitative estimate of drug-likeness (QED) is 0.0321. The van der Waals surface area contributed by atoms with Gasteiger partial charge in [0.2, 0.25) is 23.6 Å². The van der Waals surface area contributed by atoms with Gasteiger partial charge in [-0.1, -0.05) is 77.5 Å². The highest BCUT2D eigenvalue weighted by Gasteiger charge is 2.45. The number of benzene rings is 1. The summed E-state index contributed by atoms with van der Waals surface area (Å²) in [6.45, 7) is 9.16. The molecule has 3 fully saturated rings. The summed E-state index contributed by atoms with van der Waals surface area (Å²) < 4.78 is 4.62. The minimum Gasteiger partial charge on any atom is -0.478 e. The number of amides is 4. The van der Waals surface area contributed by atoms with E-state index >= 15 is 0 Å². The molecule has 1 aromatic rings. The van der Waals surface area contributed by atoms with E-state index < -0.39 is 105 Å². The molecule has 1 aromatic carbocycles. The topological polar surface area (TPSA) is 262 Å². The Balaban J connectivity index is 1.60. The zero-order valence-electron chi connectivity index (χ0n) is 36.9. The Labute approximate surface area is 368 Å². The van der Waals surface area contributed by atoms with Gasteiger partial charge in [-0.25, -0.2) is 9.59 Å². The van der Waals surface area contributed by atoms with E-state index in [1.807, 2.05) is 0 Å². The minimum atomic E-state index is -1.51. The number of nitro groups is 1. The number of esters is 1. The van der Waals surface area contributed by atoms with Gasteiger partial charge in [0.05, 0.1) is 23.6 Å². The molecule has 1 saturated heterocycles. The van der Waals surface area contributed by atoms with Crippen LogP contribution in [0.15, 0.2) is 42.5 Å². The van der Waals surface area contributed by atoms with Crippen LogP contribution in [-0.4, -0.2) is 93.8 Å². The van der Waals surface area contributed by atoms with Gasteiger partial charge in [-0.15, -0.1) is 0 Å². The molecule has 17 heteroatoms. The summed E-state index contributed by atoms with van der Waals surface area (Å²) >= 11 is 0. The average molecular weight is 878 g/mol. The van der Waals surface area contributed by atoms with Gasteiger partial charge >= 0.3 is 11.9 Å². The van der Waals surface area contributed by atoms with Crippen molar-refractivity contribution in [3.8, 4) is 0 Å². The molecule has 63 heavy (non-hydrogen) atoms. The molecule has 1 aliphatic heterocycles. The number of nitro benzene ring substituents is 1. The summed E-state index contributed by atoms with van der Waals surface area (Å²) in [6.07, 6.45) is 10.7. The van der Waals surface area contributed by atoms with Crippen LogP contribution in [0.3, 0.4) is 0 Å². The SMILES string of the molecule is C=C1C[C@@H](C(=O)N[C@H](C(=O)C[C@H](C(N)=O)C2CCCCC2)C2CCCCC2)N(C(=O)[C@@H](NC(=O)[C@H](CC/C=C/C(=O)OC)CC(=O)c2cc([N+](=O)[O-])ccc2C(=O)O)C(C)(C)C)C1. The number of rotatable bonds is 20. The normalized spacial score (nSPS) is 19.4. The maximum Gasteiger partial charge on any atom is 0.336 e. The lowest BCUT2D eigenvalue weighted by Crippen LogP contribution is -2.59. The molecule has 5 N–H and O–H groups in total. The largest absolute Gasteiger partial charge is 0.478 e. The van der Waals surface area contributed by atoms with E-state index in [1.165, 1.54) is 18.1 Å². The molecule has 2 saturated carbocycles. The third kappa shape index (κ3) is 13.6. The second-order valence-corrected chi connectivity index (χ2v) is 18.3. The molecule has 17 nitrogen and oxygen atoms in total. The summed E-state index contributed by atoms with van der Waals surface area (Å²) in [4.78, 5) is 120. The molecular formula is C46H63N5O12. The number of aromatic carboxylic acids is 1. The summed E-state index contributed by atoms with van der Waals surface area (Å²) in [6, 6.07) is -0.525. The molecule has 4 amide bonds.